The van der Waals surface area contributed by atoms with Crippen LogP contribution in [0.5, 0.6) is 0 Å². The van der Waals surface area contributed by atoms with Crippen LogP contribution in [0.25, 0.3) is 0 Å². The molecule has 1 unspecified atom stereocenters. The minimum absolute atomic E-state index is 0.132. The van der Waals surface area contributed by atoms with Crippen LogP contribution in [-0.4, -0.2) is 11.7 Å². The molecule has 1 aliphatic heterocycles. The molecule has 0 spiro atoms. The molecule has 1 heterocycles. The highest BCUT2D eigenvalue weighted by Gasteiger charge is 2.06. The smallest absolute Gasteiger partial charge is 0.148 e. The van der Waals surface area contributed by atoms with E-state index in [1.807, 2.05) is 0 Å². The Labute approximate surface area is 59.0 Å². The van der Waals surface area contributed by atoms with Gasteiger partial charge in [-0.05, 0) is 12.3 Å². The summed E-state index contributed by atoms with van der Waals surface area (Å²) in [4.78, 5) is 10.2. The van der Waals surface area contributed by atoms with Crippen LogP contribution in [0.1, 0.15) is 0 Å². The molecule has 2 nitrogen and oxygen atoms in total. The van der Waals surface area contributed by atoms with Gasteiger partial charge in [0.05, 0.1) is 5.37 Å². The largest absolute Gasteiger partial charge is 0.376 e. The van der Waals surface area contributed by atoms with E-state index in [2.05, 4.69) is 17.9 Å². The quantitative estimate of drug-likeness (QED) is 0.411. The Hall–Kier alpha value is -0.700. The van der Waals surface area contributed by atoms with Crippen molar-refractivity contribution in [2.45, 2.75) is 5.37 Å². The minimum Gasteiger partial charge on any atom is -0.376 e. The lowest BCUT2D eigenvalue weighted by Gasteiger charge is -2.12. The molecule has 0 aliphatic carbocycles. The number of aldehydes is 1. The van der Waals surface area contributed by atoms with Crippen LogP contribution in [-0.2, 0) is 4.79 Å². The summed E-state index contributed by atoms with van der Waals surface area (Å²) in [5, 5.41) is 2.74. The molecule has 0 aromatic rings. The summed E-state index contributed by atoms with van der Waals surface area (Å²) in [5.41, 5.74) is 0.667. The van der Waals surface area contributed by atoms with Crippen molar-refractivity contribution in [1.29, 1.82) is 0 Å². The zero-order valence-electron chi connectivity index (χ0n) is 4.74. The molecule has 1 aliphatic rings. The minimum atomic E-state index is -0.132. The van der Waals surface area contributed by atoms with Gasteiger partial charge in [0.15, 0.2) is 0 Å². The fraction of sp³-hybridized carbons (Fsp3) is 0.167. The van der Waals surface area contributed by atoms with Gasteiger partial charge in [0.1, 0.15) is 6.29 Å². The number of hydrogen-bond donors (Lipinski definition) is 2. The van der Waals surface area contributed by atoms with Gasteiger partial charge in [0, 0.05) is 5.57 Å². The van der Waals surface area contributed by atoms with Gasteiger partial charge < -0.3 is 5.32 Å². The molecule has 9 heavy (non-hydrogen) atoms. The highest BCUT2D eigenvalue weighted by atomic mass is 32.1. The third kappa shape index (κ3) is 1.36. The molecule has 0 aromatic carbocycles. The van der Waals surface area contributed by atoms with E-state index >= 15 is 0 Å². The van der Waals surface area contributed by atoms with Gasteiger partial charge in [-0.3, -0.25) is 4.79 Å². The lowest BCUT2D eigenvalue weighted by molar-refractivity contribution is -0.105. The number of thiol groups is 1. The second kappa shape index (κ2) is 2.73. The van der Waals surface area contributed by atoms with Crippen molar-refractivity contribution in [3.8, 4) is 0 Å². The normalized spacial score (nSPS) is 24.6. The van der Waals surface area contributed by atoms with Crippen LogP contribution in [0, 0.1) is 0 Å². The molecule has 1 N–H and O–H groups in total. The summed E-state index contributed by atoms with van der Waals surface area (Å²) < 4.78 is 0. The Morgan fingerprint density at radius 1 is 1.78 bits per heavy atom. The SMILES string of the molecule is O=CC1=CC=CNC1S. The van der Waals surface area contributed by atoms with E-state index in [9.17, 15) is 4.79 Å². The molecular formula is C6H7NOS. The average molecular weight is 141 g/mol. The van der Waals surface area contributed by atoms with Crippen molar-refractivity contribution in [3.63, 3.8) is 0 Å². The molecule has 48 valence electrons. The predicted molar refractivity (Wildman–Crippen MR) is 39.2 cm³/mol. The fourth-order valence-electron chi connectivity index (χ4n) is 0.597. The van der Waals surface area contributed by atoms with Crippen LogP contribution in [0.2, 0.25) is 0 Å². The first kappa shape index (κ1) is 6.42. The summed E-state index contributed by atoms with van der Waals surface area (Å²) >= 11 is 4.07. The Morgan fingerprint density at radius 3 is 3.00 bits per heavy atom. The van der Waals surface area contributed by atoms with Crippen LogP contribution in [0.4, 0.5) is 0 Å². The molecule has 1 rings (SSSR count). The first-order valence-corrected chi connectivity index (χ1v) is 3.12. The molecule has 3 heteroatoms. The Balaban J connectivity index is 2.74. The van der Waals surface area contributed by atoms with Crippen LogP contribution in [0.15, 0.2) is 23.9 Å². The highest BCUT2D eigenvalue weighted by molar-refractivity contribution is 7.81. The maximum atomic E-state index is 10.2. The Morgan fingerprint density at radius 2 is 2.56 bits per heavy atom. The molecule has 1 atom stereocenters. The van der Waals surface area contributed by atoms with Crippen molar-refractivity contribution < 1.29 is 4.79 Å². The summed E-state index contributed by atoms with van der Waals surface area (Å²) in [7, 11) is 0. The number of dihydropyridines is 1. The van der Waals surface area contributed by atoms with Crippen LogP contribution < -0.4 is 5.32 Å². The van der Waals surface area contributed by atoms with Gasteiger partial charge in [-0.25, -0.2) is 0 Å². The van der Waals surface area contributed by atoms with E-state index < -0.39 is 0 Å². The highest BCUT2D eigenvalue weighted by Crippen LogP contribution is 2.06. The van der Waals surface area contributed by atoms with E-state index in [1.165, 1.54) is 0 Å². The third-order valence-corrected chi connectivity index (χ3v) is 1.54. The van der Waals surface area contributed by atoms with Gasteiger partial charge in [-0.2, -0.15) is 0 Å². The van der Waals surface area contributed by atoms with Crippen molar-refractivity contribution >= 4 is 18.9 Å². The van der Waals surface area contributed by atoms with Crippen molar-refractivity contribution in [2.24, 2.45) is 0 Å². The average Bonchev–Trinajstić information content (AvgIpc) is 1.89. The number of carbonyl (C=O) groups excluding carboxylic acids is 1. The first-order valence-electron chi connectivity index (χ1n) is 2.60. The van der Waals surface area contributed by atoms with E-state index in [4.69, 9.17) is 0 Å². The van der Waals surface area contributed by atoms with Crippen LogP contribution in [0.3, 0.4) is 0 Å². The Bertz CT molecular complexity index is 174. The fourth-order valence-corrected chi connectivity index (χ4v) is 0.830. The molecule has 0 saturated carbocycles. The molecule has 0 aromatic heterocycles. The summed E-state index contributed by atoms with van der Waals surface area (Å²) in [6.07, 6.45) is 6.07. The monoisotopic (exact) mass is 141 g/mol. The van der Waals surface area contributed by atoms with E-state index in [-0.39, 0.29) is 5.37 Å². The number of allylic oxidation sites excluding steroid dienone is 2. The number of nitrogens with one attached hydrogen (secondary N) is 1. The van der Waals surface area contributed by atoms with Gasteiger partial charge in [0.25, 0.3) is 0 Å². The number of carbonyl (C=O) groups is 1. The van der Waals surface area contributed by atoms with Gasteiger partial charge in [0.2, 0.25) is 0 Å². The zero-order valence-corrected chi connectivity index (χ0v) is 5.64. The Kier molecular flexibility index (Phi) is 1.95. The first-order chi connectivity index (χ1) is 4.34. The van der Waals surface area contributed by atoms with Crippen molar-refractivity contribution in [1.82, 2.24) is 5.32 Å². The molecule has 0 amide bonds. The van der Waals surface area contributed by atoms with Crippen LogP contribution >= 0.6 is 12.6 Å². The zero-order chi connectivity index (χ0) is 6.69. The number of rotatable bonds is 1. The topological polar surface area (TPSA) is 29.1 Å². The second-order valence-corrected chi connectivity index (χ2v) is 2.23. The van der Waals surface area contributed by atoms with Crippen molar-refractivity contribution in [2.75, 3.05) is 0 Å². The van der Waals surface area contributed by atoms with Gasteiger partial charge in [-0.1, -0.05) is 6.08 Å². The van der Waals surface area contributed by atoms with Gasteiger partial charge in [-0.15, -0.1) is 12.6 Å². The van der Waals surface area contributed by atoms with E-state index in [1.54, 1.807) is 18.4 Å². The predicted octanol–water partition coefficient (Wildman–Crippen LogP) is 0.484. The summed E-state index contributed by atoms with van der Waals surface area (Å²) in [6, 6.07) is 0. The molecule has 0 radical (unpaired) electrons. The molecule has 0 fully saturated rings. The van der Waals surface area contributed by atoms with E-state index in [0.717, 1.165) is 6.29 Å². The summed E-state index contributed by atoms with van der Waals surface area (Å²) in [5.74, 6) is 0. The molecule has 0 bridgehead atoms. The second-order valence-electron chi connectivity index (χ2n) is 1.71. The molecular weight excluding hydrogens is 134 g/mol. The molecule has 0 saturated heterocycles. The maximum absolute atomic E-state index is 10.2. The van der Waals surface area contributed by atoms with Crippen molar-refractivity contribution in [3.05, 3.63) is 23.9 Å². The lowest BCUT2D eigenvalue weighted by atomic mass is 10.2. The lowest BCUT2D eigenvalue weighted by Crippen LogP contribution is -2.22. The number of hydrogen-bond acceptors (Lipinski definition) is 3. The van der Waals surface area contributed by atoms with E-state index in [0.29, 0.717) is 5.57 Å². The standard InChI is InChI=1S/C6H7NOS/c8-4-5-2-1-3-7-6(5)9/h1-4,6-7,9H. The summed E-state index contributed by atoms with van der Waals surface area (Å²) in [6.45, 7) is 0. The maximum Gasteiger partial charge on any atom is 0.148 e. The van der Waals surface area contributed by atoms with Gasteiger partial charge >= 0.3 is 0 Å². The third-order valence-electron chi connectivity index (χ3n) is 1.09.